The lowest BCUT2D eigenvalue weighted by Gasteiger charge is -2.06. The maximum Gasteiger partial charge on any atom is 0.265 e. The van der Waals surface area contributed by atoms with Crippen molar-refractivity contribution in [1.82, 2.24) is 0 Å². The maximum atomic E-state index is 12.1. The van der Waals surface area contributed by atoms with E-state index < -0.39 is 0 Å². The van der Waals surface area contributed by atoms with Crippen LogP contribution in [0.1, 0.15) is 20.1 Å². The molecule has 1 amide bonds. The summed E-state index contributed by atoms with van der Waals surface area (Å²) < 4.78 is 5.07. The summed E-state index contributed by atoms with van der Waals surface area (Å²) in [7, 11) is 1.63. The van der Waals surface area contributed by atoms with Gasteiger partial charge in [-0.2, -0.15) is 0 Å². The molecule has 2 rings (SSSR count). The van der Waals surface area contributed by atoms with Gasteiger partial charge in [-0.15, -0.1) is 11.3 Å². The number of thiophene rings is 1. The fourth-order valence-electron chi connectivity index (χ4n) is 1.75. The zero-order valence-electron chi connectivity index (χ0n) is 11.6. The van der Waals surface area contributed by atoms with Crippen LogP contribution >= 0.6 is 11.3 Å². The Balaban J connectivity index is 2.07. The number of amides is 1. The normalized spacial score (nSPS) is 9.81. The highest BCUT2D eigenvalue weighted by molar-refractivity contribution is 7.14. The molecule has 1 heterocycles. The molecule has 21 heavy (non-hydrogen) atoms. The number of nitrogens with one attached hydrogen (secondary N) is 1. The number of ether oxygens (including phenoxy) is 1. The number of rotatable bonds is 4. The molecule has 4 nitrogen and oxygen atoms in total. The lowest BCUT2D eigenvalue weighted by Crippen LogP contribution is -2.10. The van der Waals surface area contributed by atoms with Gasteiger partial charge >= 0.3 is 0 Å². The summed E-state index contributed by atoms with van der Waals surface area (Å²) in [6.07, 6.45) is 0. The molecule has 0 radical (unpaired) electrons. The number of hydrogen-bond donors (Lipinski definition) is 2. The summed E-state index contributed by atoms with van der Waals surface area (Å²) >= 11 is 1.29. The lowest BCUT2D eigenvalue weighted by atomic mass is 10.2. The zero-order chi connectivity index (χ0) is 15.1. The summed E-state index contributed by atoms with van der Waals surface area (Å²) in [5.74, 6) is 5.17. The van der Waals surface area contributed by atoms with Gasteiger partial charge in [0.1, 0.15) is 6.61 Å². The molecule has 1 aromatic heterocycles. The number of anilines is 1. The molecule has 0 fully saturated rings. The van der Waals surface area contributed by atoms with E-state index in [2.05, 4.69) is 17.2 Å². The van der Waals surface area contributed by atoms with Crippen LogP contribution < -0.4 is 5.32 Å². The third-order valence-corrected chi connectivity index (χ3v) is 3.62. The first-order chi connectivity index (χ1) is 10.2. The Labute approximate surface area is 127 Å². The Kier molecular flexibility index (Phi) is 5.52. The molecule has 0 atom stereocenters. The highest BCUT2D eigenvalue weighted by Crippen LogP contribution is 2.18. The Morgan fingerprint density at radius 3 is 3.00 bits per heavy atom. The summed E-state index contributed by atoms with van der Waals surface area (Å²) in [4.78, 5) is 13.5. The van der Waals surface area contributed by atoms with Crippen molar-refractivity contribution < 1.29 is 14.6 Å². The van der Waals surface area contributed by atoms with E-state index in [0.29, 0.717) is 11.5 Å². The van der Waals surface area contributed by atoms with Crippen molar-refractivity contribution in [1.29, 1.82) is 0 Å². The molecular weight excluding hydrogens is 286 g/mol. The van der Waals surface area contributed by atoms with Crippen LogP contribution in [0.3, 0.4) is 0 Å². The fraction of sp³-hybridized carbons (Fsp3) is 0.188. The van der Waals surface area contributed by atoms with Crippen molar-refractivity contribution in [2.24, 2.45) is 0 Å². The molecule has 0 bridgehead atoms. The van der Waals surface area contributed by atoms with Crippen LogP contribution in [0, 0.1) is 11.8 Å². The van der Waals surface area contributed by atoms with Gasteiger partial charge in [-0.3, -0.25) is 4.79 Å². The first-order valence-corrected chi connectivity index (χ1v) is 7.13. The average molecular weight is 301 g/mol. The molecule has 0 saturated heterocycles. The Morgan fingerprint density at radius 1 is 1.38 bits per heavy atom. The zero-order valence-corrected chi connectivity index (χ0v) is 12.4. The molecule has 5 heteroatoms. The van der Waals surface area contributed by atoms with Crippen molar-refractivity contribution in [2.45, 2.75) is 6.61 Å². The summed E-state index contributed by atoms with van der Waals surface area (Å²) in [5, 5.41) is 11.5. The summed E-state index contributed by atoms with van der Waals surface area (Å²) in [6.45, 7) is 0.315. The number of methoxy groups -OCH3 is 1. The van der Waals surface area contributed by atoms with Crippen LogP contribution in [-0.4, -0.2) is 24.7 Å². The van der Waals surface area contributed by atoms with Crippen molar-refractivity contribution in [3.05, 3.63) is 51.7 Å². The predicted octanol–water partition coefficient (Wildman–Crippen LogP) is 2.49. The van der Waals surface area contributed by atoms with Gasteiger partial charge in [0.15, 0.2) is 0 Å². The van der Waals surface area contributed by atoms with E-state index >= 15 is 0 Å². The van der Waals surface area contributed by atoms with E-state index in [0.717, 1.165) is 16.1 Å². The van der Waals surface area contributed by atoms with Gasteiger partial charge in [0, 0.05) is 12.8 Å². The van der Waals surface area contributed by atoms with Crippen molar-refractivity contribution in [3.8, 4) is 11.8 Å². The van der Waals surface area contributed by atoms with Crippen molar-refractivity contribution in [2.75, 3.05) is 19.0 Å². The van der Waals surface area contributed by atoms with Crippen LogP contribution in [0.15, 0.2) is 36.4 Å². The monoisotopic (exact) mass is 301 g/mol. The van der Waals surface area contributed by atoms with Gasteiger partial charge in [-0.25, -0.2) is 0 Å². The highest BCUT2D eigenvalue weighted by atomic mass is 32.1. The quantitative estimate of drug-likeness (QED) is 0.853. The number of carbonyl (C=O) groups excluding carboxylic acids is 1. The smallest absolute Gasteiger partial charge is 0.265 e. The lowest BCUT2D eigenvalue weighted by molar-refractivity contribution is 0.103. The highest BCUT2D eigenvalue weighted by Gasteiger charge is 2.09. The minimum absolute atomic E-state index is 0.174. The summed E-state index contributed by atoms with van der Waals surface area (Å²) in [6, 6.07) is 11.0. The molecule has 0 aliphatic rings. The Morgan fingerprint density at radius 2 is 2.24 bits per heavy atom. The van der Waals surface area contributed by atoms with Crippen molar-refractivity contribution >= 4 is 22.9 Å². The number of hydrogen-bond acceptors (Lipinski definition) is 4. The van der Waals surface area contributed by atoms with Gasteiger partial charge in [0.25, 0.3) is 5.91 Å². The van der Waals surface area contributed by atoms with E-state index in [4.69, 9.17) is 9.84 Å². The van der Waals surface area contributed by atoms with Crippen molar-refractivity contribution in [3.63, 3.8) is 0 Å². The number of aliphatic hydroxyl groups excluding tert-OH is 1. The van der Waals surface area contributed by atoms with Gasteiger partial charge in [0.2, 0.25) is 0 Å². The second kappa shape index (κ2) is 7.60. The standard InChI is InChI=1S/C16H15NO3S/c1-20-11-12-4-2-5-13(10-12)17-16(19)15-8-7-14(21-15)6-3-9-18/h2,4-5,7-8,10,18H,9,11H2,1H3,(H,17,19). The van der Waals surface area contributed by atoms with Crippen LogP contribution in [0.4, 0.5) is 5.69 Å². The second-order valence-electron chi connectivity index (χ2n) is 4.21. The molecule has 2 aromatic rings. The number of carbonyl (C=O) groups is 1. The van der Waals surface area contributed by atoms with Gasteiger partial charge in [-0.05, 0) is 29.8 Å². The molecule has 108 valence electrons. The third-order valence-electron chi connectivity index (χ3n) is 2.62. The molecular formula is C16H15NO3S. The number of aliphatic hydroxyl groups is 1. The van der Waals surface area contributed by atoms with E-state index in [9.17, 15) is 4.79 Å². The SMILES string of the molecule is COCc1cccc(NC(=O)c2ccc(C#CCO)s2)c1. The van der Waals surface area contributed by atoms with Gasteiger partial charge in [-0.1, -0.05) is 24.0 Å². The second-order valence-corrected chi connectivity index (χ2v) is 5.30. The third kappa shape index (κ3) is 4.43. The minimum Gasteiger partial charge on any atom is -0.384 e. The minimum atomic E-state index is -0.189. The number of benzene rings is 1. The molecule has 0 unspecified atom stereocenters. The van der Waals surface area contributed by atoms with E-state index in [1.54, 1.807) is 19.2 Å². The van der Waals surface area contributed by atoms with E-state index in [1.165, 1.54) is 11.3 Å². The Bertz CT molecular complexity index is 682. The molecule has 0 aliphatic heterocycles. The molecule has 0 spiro atoms. The predicted molar refractivity (Wildman–Crippen MR) is 83.4 cm³/mol. The largest absolute Gasteiger partial charge is 0.384 e. The van der Waals surface area contributed by atoms with Gasteiger partial charge in [0.05, 0.1) is 16.4 Å². The summed E-state index contributed by atoms with van der Waals surface area (Å²) in [5.41, 5.74) is 1.72. The van der Waals surface area contributed by atoms with E-state index in [-0.39, 0.29) is 12.5 Å². The average Bonchev–Trinajstić information content (AvgIpc) is 2.95. The fourth-order valence-corrected chi connectivity index (χ4v) is 2.53. The first-order valence-electron chi connectivity index (χ1n) is 6.31. The van der Waals surface area contributed by atoms with Gasteiger partial charge < -0.3 is 15.2 Å². The Hall–Kier alpha value is -2.13. The van der Waals surface area contributed by atoms with E-state index in [1.807, 2.05) is 24.3 Å². The van der Waals surface area contributed by atoms with Crippen LogP contribution in [-0.2, 0) is 11.3 Å². The molecule has 0 aliphatic carbocycles. The molecule has 0 saturated carbocycles. The topological polar surface area (TPSA) is 58.6 Å². The molecule has 1 aromatic carbocycles. The maximum absolute atomic E-state index is 12.1. The first kappa shape index (κ1) is 15.3. The van der Waals surface area contributed by atoms with Crippen LogP contribution in [0.2, 0.25) is 0 Å². The van der Waals surface area contributed by atoms with Crippen LogP contribution in [0.25, 0.3) is 0 Å². The van der Waals surface area contributed by atoms with Crippen LogP contribution in [0.5, 0.6) is 0 Å². The molecule has 2 N–H and O–H groups in total.